The first-order valence-electron chi connectivity index (χ1n) is 5.67. The number of aryl methyl sites for hydroxylation is 1. The minimum absolute atomic E-state index is 0.0714. The molecule has 0 saturated carbocycles. The molecule has 0 spiro atoms. The van der Waals surface area contributed by atoms with E-state index in [2.05, 4.69) is 25.0 Å². The van der Waals surface area contributed by atoms with Crippen molar-refractivity contribution in [2.45, 2.75) is 33.9 Å². The van der Waals surface area contributed by atoms with Gasteiger partial charge in [-0.1, -0.05) is 19.9 Å². The van der Waals surface area contributed by atoms with E-state index in [0.29, 0.717) is 5.92 Å². The van der Waals surface area contributed by atoms with Gasteiger partial charge in [0.05, 0.1) is 18.3 Å². The average Bonchev–Trinajstić information content (AvgIpc) is 2.59. The molecule has 3 heteroatoms. The van der Waals surface area contributed by atoms with Crippen LogP contribution in [0.15, 0.2) is 18.3 Å². The van der Waals surface area contributed by atoms with E-state index in [1.54, 1.807) is 0 Å². The summed E-state index contributed by atoms with van der Waals surface area (Å²) in [5.41, 5.74) is 3.20. The lowest BCUT2D eigenvalue weighted by Gasteiger charge is -2.09. The zero-order valence-corrected chi connectivity index (χ0v) is 10.1. The highest BCUT2D eigenvalue weighted by atomic mass is 16.3. The molecule has 0 saturated heterocycles. The summed E-state index contributed by atoms with van der Waals surface area (Å²) in [5.74, 6) is 0.552. The normalized spacial score (nSPS) is 11.6. The van der Waals surface area contributed by atoms with E-state index in [9.17, 15) is 5.11 Å². The predicted octanol–water partition coefficient (Wildman–Crippen LogP) is 2.49. The van der Waals surface area contributed by atoms with Gasteiger partial charge in [0.25, 0.3) is 0 Å². The molecule has 1 heterocycles. The van der Waals surface area contributed by atoms with Gasteiger partial charge >= 0.3 is 0 Å². The highest BCUT2D eigenvalue weighted by Gasteiger charge is 2.09. The summed E-state index contributed by atoms with van der Waals surface area (Å²) in [7, 11) is 0. The van der Waals surface area contributed by atoms with Crippen molar-refractivity contribution in [1.82, 2.24) is 9.78 Å². The molecule has 0 aliphatic heterocycles. The van der Waals surface area contributed by atoms with E-state index in [-0.39, 0.29) is 6.61 Å². The largest absolute Gasteiger partial charge is 0.392 e. The zero-order valence-electron chi connectivity index (χ0n) is 10.1. The number of benzene rings is 1. The molecule has 0 aliphatic carbocycles. The highest BCUT2D eigenvalue weighted by Crippen LogP contribution is 2.21. The lowest BCUT2D eigenvalue weighted by molar-refractivity contribution is 0.282. The molecule has 1 aromatic carbocycles. The Bertz CT molecular complexity index is 500. The van der Waals surface area contributed by atoms with Crippen LogP contribution >= 0.6 is 0 Å². The summed E-state index contributed by atoms with van der Waals surface area (Å²) in [5, 5.41) is 14.9. The Morgan fingerprint density at radius 1 is 1.38 bits per heavy atom. The Kier molecular flexibility index (Phi) is 2.97. The summed E-state index contributed by atoms with van der Waals surface area (Å²) in [4.78, 5) is 0. The Labute approximate surface area is 95.7 Å². The molecule has 86 valence electrons. The van der Waals surface area contributed by atoms with Gasteiger partial charge in [0.15, 0.2) is 0 Å². The van der Waals surface area contributed by atoms with Crippen LogP contribution in [0.5, 0.6) is 0 Å². The molecule has 0 atom stereocenters. The van der Waals surface area contributed by atoms with Crippen molar-refractivity contribution in [2.24, 2.45) is 5.92 Å². The van der Waals surface area contributed by atoms with Gasteiger partial charge in [0.2, 0.25) is 0 Å². The zero-order chi connectivity index (χ0) is 11.7. The number of aromatic nitrogens is 2. The third kappa shape index (κ3) is 1.95. The number of nitrogens with zero attached hydrogens (tertiary/aromatic N) is 2. The Morgan fingerprint density at radius 2 is 2.12 bits per heavy atom. The van der Waals surface area contributed by atoms with Gasteiger partial charge in [0.1, 0.15) is 0 Å². The lowest BCUT2D eigenvalue weighted by atomic mass is 10.1. The first-order valence-corrected chi connectivity index (χ1v) is 5.67. The summed E-state index contributed by atoms with van der Waals surface area (Å²) in [6.45, 7) is 7.33. The van der Waals surface area contributed by atoms with Crippen molar-refractivity contribution in [3.8, 4) is 0 Å². The molecule has 0 unspecified atom stereocenters. The van der Waals surface area contributed by atoms with Gasteiger partial charge in [-0.05, 0) is 24.5 Å². The van der Waals surface area contributed by atoms with Gasteiger partial charge in [0, 0.05) is 17.5 Å². The molecule has 16 heavy (non-hydrogen) atoms. The molecule has 1 aromatic heterocycles. The molecular formula is C13H18N2O. The quantitative estimate of drug-likeness (QED) is 0.859. The molecule has 0 amide bonds. The van der Waals surface area contributed by atoms with Crippen molar-refractivity contribution in [2.75, 3.05) is 0 Å². The van der Waals surface area contributed by atoms with Crippen LogP contribution < -0.4 is 0 Å². The van der Waals surface area contributed by atoms with Crippen LogP contribution in [-0.2, 0) is 13.2 Å². The topological polar surface area (TPSA) is 38.1 Å². The maximum absolute atomic E-state index is 9.40. The number of hydrogen-bond acceptors (Lipinski definition) is 2. The van der Waals surface area contributed by atoms with Crippen molar-refractivity contribution in [1.29, 1.82) is 0 Å². The first-order chi connectivity index (χ1) is 7.61. The SMILES string of the molecule is Cc1cc(CO)c2c(cnn2CC(C)C)c1. The van der Waals surface area contributed by atoms with Gasteiger partial charge in [-0.3, -0.25) is 4.68 Å². The van der Waals surface area contributed by atoms with E-state index in [1.165, 1.54) is 5.56 Å². The average molecular weight is 218 g/mol. The summed E-state index contributed by atoms with van der Waals surface area (Å²) in [6, 6.07) is 4.14. The molecule has 0 bridgehead atoms. The van der Waals surface area contributed by atoms with Crippen LogP contribution in [0.3, 0.4) is 0 Å². The van der Waals surface area contributed by atoms with Crippen LogP contribution in [-0.4, -0.2) is 14.9 Å². The lowest BCUT2D eigenvalue weighted by Crippen LogP contribution is -2.07. The van der Waals surface area contributed by atoms with Crippen molar-refractivity contribution in [3.63, 3.8) is 0 Å². The van der Waals surface area contributed by atoms with E-state index < -0.39 is 0 Å². The van der Waals surface area contributed by atoms with E-state index in [0.717, 1.165) is 23.0 Å². The van der Waals surface area contributed by atoms with Crippen LogP contribution in [0.25, 0.3) is 10.9 Å². The molecule has 2 rings (SSSR count). The summed E-state index contributed by atoms with van der Waals surface area (Å²) >= 11 is 0. The molecule has 3 nitrogen and oxygen atoms in total. The van der Waals surface area contributed by atoms with E-state index in [1.807, 2.05) is 23.9 Å². The van der Waals surface area contributed by atoms with Crippen LogP contribution in [0.1, 0.15) is 25.0 Å². The highest BCUT2D eigenvalue weighted by molar-refractivity contribution is 5.82. The van der Waals surface area contributed by atoms with Gasteiger partial charge < -0.3 is 5.11 Å². The van der Waals surface area contributed by atoms with Crippen LogP contribution in [0, 0.1) is 12.8 Å². The second-order valence-corrected chi connectivity index (χ2v) is 4.74. The Hall–Kier alpha value is -1.35. The molecule has 1 N–H and O–H groups in total. The van der Waals surface area contributed by atoms with Crippen molar-refractivity contribution < 1.29 is 5.11 Å². The standard InChI is InChI=1S/C13H18N2O/c1-9(2)7-15-13-11(6-14-15)4-10(3)5-12(13)8-16/h4-6,9,16H,7-8H2,1-3H3. The minimum atomic E-state index is 0.0714. The smallest absolute Gasteiger partial charge is 0.0737 e. The molecule has 0 aliphatic rings. The van der Waals surface area contributed by atoms with E-state index >= 15 is 0 Å². The van der Waals surface area contributed by atoms with Gasteiger partial charge in [-0.15, -0.1) is 0 Å². The fourth-order valence-corrected chi connectivity index (χ4v) is 2.09. The number of aliphatic hydroxyl groups excluding tert-OH is 1. The molecule has 0 fully saturated rings. The van der Waals surface area contributed by atoms with Crippen molar-refractivity contribution in [3.05, 3.63) is 29.5 Å². The number of aliphatic hydroxyl groups is 1. The maximum atomic E-state index is 9.40. The molecule has 2 aromatic rings. The van der Waals surface area contributed by atoms with Crippen molar-refractivity contribution >= 4 is 10.9 Å². The minimum Gasteiger partial charge on any atom is -0.392 e. The fraction of sp³-hybridized carbons (Fsp3) is 0.462. The fourth-order valence-electron chi connectivity index (χ4n) is 2.09. The third-order valence-corrected chi connectivity index (χ3v) is 2.67. The van der Waals surface area contributed by atoms with Gasteiger partial charge in [-0.25, -0.2) is 0 Å². The third-order valence-electron chi connectivity index (χ3n) is 2.67. The Balaban J connectivity index is 2.60. The number of hydrogen-bond donors (Lipinski definition) is 1. The van der Waals surface area contributed by atoms with Crippen LogP contribution in [0.2, 0.25) is 0 Å². The Morgan fingerprint density at radius 3 is 2.75 bits per heavy atom. The summed E-state index contributed by atoms with van der Waals surface area (Å²) < 4.78 is 1.99. The number of fused-ring (bicyclic) bond motifs is 1. The predicted molar refractivity (Wildman–Crippen MR) is 65.2 cm³/mol. The van der Waals surface area contributed by atoms with E-state index in [4.69, 9.17) is 0 Å². The second kappa shape index (κ2) is 4.26. The van der Waals surface area contributed by atoms with Crippen LogP contribution in [0.4, 0.5) is 0 Å². The second-order valence-electron chi connectivity index (χ2n) is 4.74. The molecular weight excluding hydrogens is 200 g/mol. The molecule has 0 radical (unpaired) electrons. The maximum Gasteiger partial charge on any atom is 0.0737 e. The first kappa shape index (κ1) is 11.1. The number of rotatable bonds is 3. The summed E-state index contributed by atoms with van der Waals surface area (Å²) in [6.07, 6.45) is 1.88. The van der Waals surface area contributed by atoms with Gasteiger partial charge in [-0.2, -0.15) is 5.10 Å². The monoisotopic (exact) mass is 218 g/mol.